The highest BCUT2D eigenvalue weighted by molar-refractivity contribution is 7.89. The van der Waals surface area contributed by atoms with Gasteiger partial charge in [0, 0.05) is 6.54 Å². The Bertz CT molecular complexity index is 1280. The Morgan fingerprint density at radius 3 is 2.55 bits per heavy atom. The Hall–Kier alpha value is -2.74. The van der Waals surface area contributed by atoms with Gasteiger partial charge in [-0.3, -0.25) is 0 Å². The van der Waals surface area contributed by atoms with E-state index in [0.717, 1.165) is 34.4 Å². The van der Waals surface area contributed by atoms with E-state index in [1.807, 2.05) is 49.8 Å². The van der Waals surface area contributed by atoms with E-state index in [4.69, 9.17) is 0 Å². The Kier molecular flexibility index (Phi) is 5.72. The average Bonchev–Trinajstić information content (AvgIpc) is 3.53. The van der Waals surface area contributed by atoms with Crippen LogP contribution in [0, 0.1) is 6.92 Å². The van der Waals surface area contributed by atoms with Crippen molar-refractivity contribution in [1.29, 1.82) is 0 Å². The van der Waals surface area contributed by atoms with Crippen molar-refractivity contribution in [2.45, 2.75) is 56.2 Å². The van der Waals surface area contributed by atoms with Crippen LogP contribution in [0.15, 0.2) is 72.0 Å². The highest BCUT2D eigenvalue weighted by Gasteiger charge is 2.41. The number of hydrogen-bond acceptors (Lipinski definition) is 4. The summed E-state index contributed by atoms with van der Waals surface area (Å²) in [5, 5.41) is 11.4. The van der Waals surface area contributed by atoms with Gasteiger partial charge in [-0.1, -0.05) is 48.0 Å². The summed E-state index contributed by atoms with van der Waals surface area (Å²) in [6, 6.07) is 16.6. The lowest BCUT2D eigenvalue weighted by Gasteiger charge is -2.30. The van der Waals surface area contributed by atoms with Crippen LogP contribution in [-0.2, 0) is 10.0 Å². The molecule has 0 amide bonds. The number of aromatic nitrogens is 2. The van der Waals surface area contributed by atoms with Crippen molar-refractivity contribution in [3.05, 3.63) is 83.9 Å². The van der Waals surface area contributed by atoms with Gasteiger partial charge in [-0.2, -0.15) is 4.31 Å². The fourth-order valence-corrected chi connectivity index (χ4v) is 7.03. The standard InChI is InChI=1S/C26H29N3O3S/c1-18-10-12-21(13-11-18)33(31,32)29-14-6-9-22(29)25(30)15-23-26(20-7-4-3-5-8-20)19(2)24-16-27-17-28(23)24/h3-5,7-8,10-13,16-17,22-23,25,30H,6,9,14-15H2,1-2H3/t22?,23?,25-/m1/s1. The van der Waals surface area contributed by atoms with Crippen LogP contribution in [0.5, 0.6) is 0 Å². The summed E-state index contributed by atoms with van der Waals surface area (Å²) in [7, 11) is -3.67. The molecule has 6 nitrogen and oxygen atoms in total. The number of sulfonamides is 1. The maximum absolute atomic E-state index is 13.4. The third kappa shape index (κ3) is 3.84. The first-order chi connectivity index (χ1) is 15.9. The third-order valence-corrected chi connectivity index (χ3v) is 8.93. The molecule has 0 radical (unpaired) electrons. The molecule has 0 aliphatic carbocycles. The Balaban J connectivity index is 1.44. The Labute approximate surface area is 195 Å². The molecule has 2 aromatic carbocycles. The van der Waals surface area contributed by atoms with Crippen LogP contribution in [-0.4, -0.2) is 46.1 Å². The summed E-state index contributed by atoms with van der Waals surface area (Å²) >= 11 is 0. The van der Waals surface area contributed by atoms with Gasteiger partial charge in [-0.25, -0.2) is 13.4 Å². The molecule has 2 aliphatic heterocycles. The van der Waals surface area contributed by atoms with Crippen molar-refractivity contribution in [2.75, 3.05) is 6.54 Å². The molecule has 33 heavy (non-hydrogen) atoms. The predicted molar refractivity (Wildman–Crippen MR) is 129 cm³/mol. The van der Waals surface area contributed by atoms with Gasteiger partial charge in [0.2, 0.25) is 10.0 Å². The fourth-order valence-electron chi connectivity index (χ4n) is 5.31. The maximum Gasteiger partial charge on any atom is 0.243 e. The van der Waals surface area contributed by atoms with Crippen molar-refractivity contribution in [3.8, 4) is 0 Å². The van der Waals surface area contributed by atoms with E-state index >= 15 is 0 Å². The molecular formula is C26H29N3O3S. The minimum atomic E-state index is -3.67. The van der Waals surface area contributed by atoms with Crippen LogP contribution >= 0.6 is 0 Å². The molecule has 2 aliphatic rings. The number of nitrogens with zero attached hydrogens (tertiary/aromatic N) is 3. The molecule has 172 valence electrons. The second-order valence-electron chi connectivity index (χ2n) is 9.05. The van der Waals surface area contributed by atoms with Crippen LogP contribution in [0.25, 0.3) is 11.1 Å². The first-order valence-electron chi connectivity index (χ1n) is 11.4. The fraction of sp³-hybridized carbons (Fsp3) is 0.346. The van der Waals surface area contributed by atoms with Crippen molar-refractivity contribution in [1.82, 2.24) is 13.9 Å². The summed E-state index contributed by atoms with van der Waals surface area (Å²) in [6.45, 7) is 4.45. The van der Waals surface area contributed by atoms with E-state index in [9.17, 15) is 13.5 Å². The second kappa shape index (κ2) is 8.56. The molecule has 5 rings (SSSR count). The highest BCUT2D eigenvalue weighted by Crippen LogP contribution is 2.45. The maximum atomic E-state index is 13.4. The Morgan fingerprint density at radius 1 is 1.09 bits per heavy atom. The molecule has 0 saturated carbocycles. The molecule has 1 N–H and O–H groups in total. The number of rotatable bonds is 6. The second-order valence-corrected chi connectivity index (χ2v) is 10.9. The van der Waals surface area contributed by atoms with Crippen molar-refractivity contribution >= 4 is 21.2 Å². The van der Waals surface area contributed by atoms with Gasteiger partial charge < -0.3 is 9.67 Å². The van der Waals surface area contributed by atoms with Crippen LogP contribution in [0.3, 0.4) is 0 Å². The monoisotopic (exact) mass is 463 g/mol. The number of aliphatic hydroxyl groups is 1. The minimum absolute atomic E-state index is 0.0931. The van der Waals surface area contributed by atoms with Crippen LogP contribution in [0.2, 0.25) is 0 Å². The van der Waals surface area contributed by atoms with E-state index in [1.54, 1.807) is 12.1 Å². The topological polar surface area (TPSA) is 75.4 Å². The lowest BCUT2D eigenvalue weighted by molar-refractivity contribution is 0.0904. The van der Waals surface area contributed by atoms with Gasteiger partial charge in [-0.05, 0) is 62.0 Å². The molecule has 3 heterocycles. The number of fused-ring (bicyclic) bond motifs is 1. The van der Waals surface area contributed by atoms with Crippen LogP contribution in [0.1, 0.15) is 49.0 Å². The largest absolute Gasteiger partial charge is 0.391 e. The number of benzene rings is 2. The summed E-state index contributed by atoms with van der Waals surface area (Å²) in [5.74, 6) is 0. The molecule has 3 aromatic rings. The number of aliphatic hydroxyl groups excluding tert-OH is 1. The molecule has 1 aromatic heterocycles. The zero-order chi connectivity index (χ0) is 23.2. The summed E-state index contributed by atoms with van der Waals surface area (Å²) in [4.78, 5) is 4.60. The zero-order valence-electron chi connectivity index (χ0n) is 18.9. The predicted octanol–water partition coefficient (Wildman–Crippen LogP) is 4.28. The lowest BCUT2D eigenvalue weighted by Crippen LogP contribution is -2.43. The number of allylic oxidation sites excluding steroid dienone is 2. The van der Waals surface area contributed by atoms with E-state index < -0.39 is 22.2 Å². The summed E-state index contributed by atoms with van der Waals surface area (Å²) in [6.07, 6.45) is 4.69. The molecule has 7 heteroatoms. The van der Waals surface area contributed by atoms with Crippen LogP contribution in [0.4, 0.5) is 0 Å². The Morgan fingerprint density at radius 2 is 1.82 bits per heavy atom. The van der Waals surface area contributed by atoms with Gasteiger partial charge in [0.15, 0.2) is 0 Å². The molecule has 1 fully saturated rings. The third-order valence-electron chi connectivity index (χ3n) is 6.99. The molecule has 3 atom stereocenters. The van der Waals surface area contributed by atoms with E-state index in [0.29, 0.717) is 19.4 Å². The van der Waals surface area contributed by atoms with Crippen LogP contribution < -0.4 is 0 Å². The first kappa shape index (κ1) is 22.1. The van der Waals surface area contributed by atoms with Gasteiger partial charge in [0.05, 0.1) is 41.3 Å². The van der Waals surface area contributed by atoms with Crippen molar-refractivity contribution in [3.63, 3.8) is 0 Å². The molecule has 0 spiro atoms. The minimum Gasteiger partial charge on any atom is -0.391 e. The van der Waals surface area contributed by atoms with Crippen molar-refractivity contribution < 1.29 is 13.5 Å². The molecular weight excluding hydrogens is 434 g/mol. The quantitative estimate of drug-likeness (QED) is 0.592. The van der Waals surface area contributed by atoms with Crippen molar-refractivity contribution in [2.24, 2.45) is 0 Å². The molecule has 1 saturated heterocycles. The molecule has 0 bridgehead atoms. The zero-order valence-corrected chi connectivity index (χ0v) is 19.7. The van der Waals surface area contributed by atoms with Gasteiger partial charge in [-0.15, -0.1) is 0 Å². The normalized spacial score (nSPS) is 22.0. The number of imidazole rings is 1. The highest BCUT2D eigenvalue weighted by atomic mass is 32.2. The SMILES string of the molecule is CC1=C(c2ccccc2)C(C[C@@H](O)C2CCCN2S(=O)(=O)c2ccc(C)cc2)n2cncc21. The number of aryl methyl sites for hydroxylation is 1. The van der Waals surface area contributed by atoms with E-state index in [1.165, 1.54) is 4.31 Å². The first-order valence-corrected chi connectivity index (χ1v) is 12.9. The smallest absolute Gasteiger partial charge is 0.243 e. The summed E-state index contributed by atoms with van der Waals surface area (Å²) in [5.41, 5.74) is 5.48. The molecule has 2 unspecified atom stereocenters. The van der Waals surface area contributed by atoms with Gasteiger partial charge in [0.25, 0.3) is 0 Å². The van der Waals surface area contributed by atoms with Gasteiger partial charge >= 0.3 is 0 Å². The van der Waals surface area contributed by atoms with E-state index in [2.05, 4.69) is 28.6 Å². The van der Waals surface area contributed by atoms with Gasteiger partial charge in [0.1, 0.15) is 0 Å². The average molecular weight is 464 g/mol. The number of hydrogen-bond donors (Lipinski definition) is 1. The summed E-state index contributed by atoms with van der Waals surface area (Å²) < 4.78 is 30.4. The lowest BCUT2D eigenvalue weighted by atomic mass is 9.91. The van der Waals surface area contributed by atoms with E-state index in [-0.39, 0.29) is 10.9 Å².